The van der Waals surface area contributed by atoms with Crippen LogP contribution < -0.4 is 20.7 Å². The van der Waals surface area contributed by atoms with Crippen molar-refractivity contribution in [1.82, 2.24) is 10.3 Å². The molecule has 1 heterocycles. The molecule has 7 nitrogen and oxygen atoms in total. The minimum Gasteiger partial charge on any atom is -0.457 e. The Hall–Kier alpha value is -3.79. The number of pyridine rings is 1. The molecule has 0 saturated heterocycles. The van der Waals surface area contributed by atoms with Gasteiger partial charge in [0.1, 0.15) is 17.2 Å². The summed E-state index contributed by atoms with van der Waals surface area (Å²) in [6, 6.07) is -1.05. The fraction of sp³-hybridized carbons (Fsp3) is 0.0952. The first-order valence-corrected chi connectivity index (χ1v) is 8.72. The molecule has 0 radical (unpaired) electrons. The Kier molecular flexibility index (Phi) is 4.06. The standard InChI is InChI=1S/C21H16ClF3N4O3/c1-26-19(30)18-11-15(8-9-27-18)32-14-5-2-12(3-6-14)28-20(31)29-13-4-7-17(22)16(10-13)21(23,24)25/h2-11H,1H3,(H,26,30)(H2,28,29,31)/i1D3,4D,7D,8D,9D,10D,11D. The zero-order valence-corrected chi connectivity index (χ0v) is 16.2. The number of anilines is 2. The van der Waals surface area contributed by atoms with Gasteiger partial charge in [-0.15, -0.1) is 0 Å². The second-order valence-corrected chi connectivity index (χ2v) is 6.13. The number of ether oxygens (including phenoxy) is 1. The highest BCUT2D eigenvalue weighted by Gasteiger charge is 2.33. The van der Waals surface area contributed by atoms with E-state index in [1.807, 2.05) is 5.32 Å². The third-order valence-corrected chi connectivity index (χ3v) is 3.80. The van der Waals surface area contributed by atoms with Gasteiger partial charge in [0, 0.05) is 34.7 Å². The molecule has 3 amide bonds. The van der Waals surface area contributed by atoms with Gasteiger partial charge in [0.2, 0.25) is 0 Å². The number of rotatable bonds is 5. The SMILES string of the molecule is [2H]c1nc(C(=O)NC([2H])([2H])[2H])c([2H])c(Oc2ccc(NC(=O)Nc3c([2H])c([2H])c(Cl)c(C(F)(F)F)c3[2H])cc2)c1[2H]. The van der Waals surface area contributed by atoms with Gasteiger partial charge in [-0.3, -0.25) is 9.78 Å². The van der Waals surface area contributed by atoms with Gasteiger partial charge < -0.3 is 20.7 Å². The first-order chi connectivity index (χ1) is 18.8. The van der Waals surface area contributed by atoms with E-state index in [0.717, 1.165) is 0 Å². The van der Waals surface area contributed by atoms with Crippen molar-refractivity contribution < 1.29 is 39.8 Å². The molecule has 11 heteroatoms. The molecule has 166 valence electrons. The van der Waals surface area contributed by atoms with Gasteiger partial charge in [-0.1, -0.05) is 11.6 Å². The maximum absolute atomic E-state index is 13.3. The van der Waals surface area contributed by atoms with Crippen molar-refractivity contribution in [1.29, 1.82) is 0 Å². The highest BCUT2D eigenvalue weighted by atomic mass is 35.5. The molecule has 0 spiro atoms. The van der Waals surface area contributed by atoms with E-state index in [1.54, 1.807) is 5.32 Å². The Morgan fingerprint density at radius 2 is 1.78 bits per heavy atom. The molecular weight excluding hydrogens is 449 g/mol. The summed E-state index contributed by atoms with van der Waals surface area (Å²) in [4.78, 5) is 28.0. The molecule has 3 N–H and O–H groups in total. The number of nitrogens with zero attached hydrogens (tertiary/aromatic N) is 1. The average Bonchev–Trinajstić information content (AvgIpc) is 2.84. The predicted octanol–water partition coefficient (Wildman–Crippen LogP) is 5.55. The summed E-state index contributed by atoms with van der Waals surface area (Å²) in [6.07, 6.45) is -5.91. The van der Waals surface area contributed by atoms with Crippen LogP contribution in [0.3, 0.4) is 0 Å². The van der Waals surface area contributed by atoms with Crippen molar-refractivity contribution >= 4 is 34.9 Å². The molecule has 0 atom stereocenters. The summed E-state index contributed by atoms with van der Waals surface area (Å²) in [5, 5.41) is 4.62. The van der Waals surface area contributed by atoms with Crippen LogP contribution in [0.25, 0.3) is 0 Å². The molecule has 32 heavy (non-hydrogen) atoms. The maximum atomic E-state index is 13.3. The van der Waals surface area contributed by atoms with Crippen LogP contribution in [0.15, 0.2) is 60.7 Å². The van der Waals surface area contributed by atoms with Crippen LogP contribution >= 0.6 is 11.6 Å². The molecule has 0 unspecified atom stereocenters. The summed E-state index contributed by atoms with van der Waals surface area (Å²) < 4.78 is 114. The molecule has 3 rings (SSSR count). The lowest BCUT2D eigenvalue weighted by Gasteiger charge is -2.12. The van der Waals surface area contributed by atoms with Crippen LogP contribution in [0.4, 0.5) is 29.3 Å². The van der Waals surface area contributed by atoms with Gasteiger partial charge in [-0.2, -0.15) is 13.2 Å². The summed E-state index contributed by atoms with van der Waals surface area (Å²) in [5.41, 5.74) is -3.35. The largest absolute Gasteiger partial charge is 0.457 e. The van der Waals surface area contributed by atoms with Crippen LogP contribution in [-0.4, -0.2) is 23.9 Å². The Bertz CT molecular complexity index is 1540. The van der Waals surface area contributed by atoms with E-state index >= 15 is 0 Å². The third-order valence-electron chi connectivity index (χ3n) is 3.52. The molecule has 1 aromatic heterocycles. The van der Waals surface area contributed by atoms with Gasteiger partial charge in [-0.05, 0) is 48.4 Å². The minimum atomic E-state index is -5.13. The molecule has 0 saturated carbocycles. The quantitative estimate of drug-likeness (QED) is 0.453. The van der Waals surface area contributed by atoms with Gasteiger partial charge >= 0.3 is 12.2 Å². The summed E-state index contributed by atoms with van der Waals surface area (Å²) >= 11 is 5.51. The van der Waals surface area contributed by atoms with E-state index < -0.39 is 89.2 Å². The Morgan fingerprint density at radius 1 is 1.06 bits per heavy atom. The van der Waals surface area contributed by atoms with Gasteiger partial charge in [-0.25, -0.2) is 4.79 Å². The molecule has 0 fully saturated rings. The highest BCUT2D eigenvalue weighted by Crippen LogP contribution is 2.36. The number of halogens is 4. The highest BCUT2D eigenvalue weighted by molar-refractivity contribution is 6.31. The molecule has 0 aliphatic rings. The van der Waals surface area contributed by atoms with E-state index in [2.05, 4.69) is 10.3 Å². The first-order valence-electron chi connectivity index (χ1n) is 12.8. The number of hydrogen-bond acceptors (Lipinski definition) is 4. The van der Waals surface area contributed by atoms with E-state index in [9.17, 15) is 22.8 Å². The topological polar surface area (TPSA) is 92.3 Å². The second kappa shape index (κ2) is 9.56. The molecule has 2 aromatic carbocycles. The lowest BCUT2D eigenvalue weighted by molar-refractivity contribution is -0.137. The van der Waals surface area contributed by atoms with E-state index in [4.69, 9.17) is 28.7 Å². The Labute approximate surface area is 198 Å². The normalized spacial score (nSPS) is 15.3. The maximum Gasteiger partial charge on any atom is 0.417 e. The van der Waals surface area contributed by atoms with Crippen molar-refractivity contribution in [3.63, 3.8) is 0 Å². The van der Waals surface area contributed by atoms with Crippen LogP contribution in [0, 0.1) is 0 Å². The number of aromatic nitrogens is 1. The summed E-state index contributed by atoms with van der Waals surface area (Å²) in [6.45, 7) is -2.91. The van der Waals surface area contributed by atoms with Gasteiger partial charge in [0.05, 0.1) is 18.8 Å². The van der Waals surface area contributed by atoms with Gasteiger partial charge in [0.25, 0.3) is 5.91 Å². The fourth-order valence-corrected chi connectivity index (χ4v) is 2.37. The fourth-order valence-electron chi connectivity index (χ4n) is 2.17. The first kappa shape index (κ1) is 13.6. The summed E-state index contributed by atoms with van der Waals surface area (Å²) in [5.74, 6) is -1.97. The number of hydrogen-bond donors (Lipinski definition) is 3. The minimum absolute atomic E-state index is 0.0230. The molecular formula is C21H16ClF3N4O3. The van der Waals surface area contributed by atoms with Crippen molar-refractivity contribution in [2.45, 2.75) is 6.18 Å². The second-order valence-electron chi connectivity index (χ2n) is 5.75. The lowest BCUT2D eigenvalue weighted by atomic mass is 10.2. The number of alkyl halides is 3. The molecule has 3 aromatic rings. The number of carbonyl (C=O) groups excluding carboxylic acids is 2. The monoisotopic (exact) mass is 473 g/mol. The lowest BCUT2D eigenvalue weighted by Crippen LogP contribution is -2.19. The molecule has 0 bridgehead atoms. The van der Waals surface area contributed by atoms with Crippen molar-refractivity contribution in [2.75, 3.05) is 17.6 Å². The average molecular weight is 474 g/mol. The number of amides is 3. The smallest absolute Gasteiger partial charge is 0.417 e. The zero-order valence-electron chi connectivity index (χ0n) is 24.5. The van der Waals surface area contributed by atoms with Crippen LogP contribution in [0.2, 0.25) is 5.02 Å². The Balaban J connectivity index is 1.81. The van der Waals surface area contributed by atoms with Crippen LogP contribution in [-0.2, 0) is 6.18 Å². The number of nitrogens with one attached hydrogen (secondary N) is 3. The van der Waals surface area contributed by atoms with Crippen molar-refractivity contribution in [3.05, 3.63) is 76.9 Å². The van der Waals surface area contributed by atoms with Gasteiger partial charge in [0.15, 0.2) is 0 Å². The molecule has 0 aliphatic heterocycles. The van der Waals surface area contributed by atoms with Crippen molar-refractivity contribution in [3.8, 4) is 11.5 Å². The Morgan fingerprint density at radius 3 is 2.47 bits per heavy atom. The number of benzene rings is 2. The summed E-state index contributed by atoms with van der Waals surface area (Å²) in [7, 11) is 0. The third kappa shape index (κ3) is 5.88. The zero-order chi connectivity index (χ0) is 31.0. The van der Waals surface area contributed by atoms with E-state index in [-0.39, 0.29) is 11.4 Å². The number of urea groups is 1. The van der Waals surface area contributed by atoms with E-state index in [0.29, 0.717) is 0 Å². The predicted molar refractivity (Wildman–Crippen MR) is 113 cm³/mol. The van der Waals surface area contributed by atoms with E-state index in [1.165, 1.54) is 24.3 Å². The van der Waals surface area contributed by atoms with Crippen LogP contribution in [0.1, 0.15) is 28.4 Å². The van der Waals surface area contributed by atoms with Crippen molar-refractivity contribution in [2.24, 2.45) is 0 Å². The van der Waals surface area contributed by atoms with Crippen LogP contribution in [0.5, 0.6) is 11.5 Å². The molecule has 0 aliphatic carbocycles. The number of carbonyl (C=O) groups is 2.